The molecule has 1 saturated heterocycles. The Balaban J connectivity index is 1.72. The van der Waals surface area contributed by atoms with Crippen molar-refractivity contribution in [1.82, 2.24) is 10.2 Å². The first-order valence-corrected chi connectivity index (χ1v) is 8.18. The minimum atomic E-state index is 0.264. The van der Waals surface area contributed by atoms with Gasteiger partial charge >= 0.3 is 0 Å². The highest BCUT2D eigenvalue weighted by Gasteiger charge is 2.51. The van der Waals surface area contributed by atoms with E-state index in [1.807, 2.05) is 7.11 Å². The van der Waals surface area contributed by atoms with E-state index in [0.717, 1.165) is 13.1 Å². The predicted molar refractivity (Wildman–Crippen MR) is 86.4 cm³/mol. The summed E-state index contributed by atoms with van der Waals surface area (Å²) in [6, 6.07) is 12.0. The molecule has 1 aliphatic carbocycles. The van der Waals surface area contributed by atoms with Crippen LogP contribution in [0.5, 0.6) is 0 Å². The number of methoxy groups -OCH3 is 1. The second-order valence-corrected chi connectivity index (χ2v) is 7.06. The molecule has 1 N–H and O–H groups in total. The minimum Gasteiger partial charge on any atom is -0.381 e. The van der Waals surface area contributed by atoms with Gasteiger partial charge in [0.25, 0.3) is 0 Å². The van der Waals surface area contributed by atoms with Crippen molar-refractivity contribution in [3.05, 3.63) is 35.9 Å². The smallest absolute Gasteiger partial charge is 0.0652 e. The molecule has 1 aromatic rings. The topological polar surface area (TPSA) is 24.5 Å². The third-order valence-corrected chi connectivity index (χ3v) is 5.48. The second-order valence-electron chi connectivity index (χ2n) is 7.06. The first-order chi connectivity index (χ1) is 10.1. The van der Waals surface area contributed by atoms with Crippen molar-refractivity contribution >= 4 is 0 Å². The fraction of sp³-hybridized carbons (Fsp3) is 0.667. The molecule has 0 amide bonds. The van der Waals surface area contributed by atoms with Gasteiger partial charge in [-0.3, -0.25) is 4.90 Å². The summed E-state index contributed by atoms with van der Waals surface area (Å²) in [5.41, 5.74) is 1.67. The summed E-state index contributed by atoms with van der Waals surface area (Å²) in [4.78, 5) is 2.69. The molecule has 2 fully saturated rings. The largest absolute Gasteiger partial charge is 0.381 e. The lowest BCUT2D eigenvalue weighted by molar-refractivity contribution is -0.138. The molecule has 3 atom stereocenters. The lowest BCUT2D eigenvalue weighted by atomic mass is 9.63. The molecular weight excluding hydrogens is 260 g/mol. The van der Waals surface area contributed by atoms with E-state index in [2.05, 4.69) is 54.4 Å². The van der Waals surface area contributed by atoms with Gasteiger partial charge in [-0.15, -0.1) is 0 Å². The van der Waals surface area contributed by atoms with Crippen LogP contribution in [0.1, 0.15) is 38.3 Å². The van der Waals surface area contributed by atoms with Gasteiger partial charge in [0.05, 0.1) is 6.10 Å². The van der Waals surface area contributed by atoms with Crippen LogP contribution in [0.25, 0.3) is 0 Å². The molecular formula is C18H28N2O. The van der Waals surface area contributed by atoms with E-state index in [-0.39, 0.29) is 5.41 Å². The molecule has 0 aromatic heterocycles. The van der Waals surface area contributed by atoms with Gasteiger partial charge in [0.2, 0.25) is 0 Å². The lowest BCUT2D eigenvalue weighted by Crippen LogP contribution is -2.62. The average molecular weight is 288 g/mol. The Kier molecular flexibility index (Phi) is 4.34. The summed E-state index contributed by atoms with van der Waals surface area (Å²) in [5.74, 6) is 0. The zero-order valence-electron chi connectivity index (χ0n) is 13.5. The summed E-state index contributed by atoms with van der Waals surface area (Å²) in [6.45, 7) is 8.11. The lowest BCUT2D eigenvalue weighted by Gasteiger charge is -2.55. The zero-order chi connectivity index (χ0) is 14.9. The molecule has 1 saturated carbocycles. The molecule has 0 spiro atoms. The molecule has 21 heavy (non-hydrogen) atoms. The van der Waals surface area contributed by atoms with Crippen LogP contribution in [0.3, 0.4) is 0 Å². The summed E-state index contributed by atoms with van der Waals surface area (Å²) in [6.07, 6.45) is 2.81. The van der Waals surface area contributed by atoms with Crippen LogP contribution in [0.15, 0.2) is 30.3 Å². The quantitative estimate of drug-likeness (QED) is 0.925. The highest BCUT2D eigenvalue weighted by atomic mass is 16.5. The number of hydrogen-bond donors (Lipinski definition) is 1. The SMILES string of the molecule is COC1CC(N2CCCNC(c3ccccc3)C2)C1(C)C. The van der Waals surface area contributed by atoms with Gasteiger partial charge < -0.3 is 10.1 Å². The molecule has 3 rings (SSSR count). The standard InChI is InChI=1S/C18H28N2O/c1-18(2)16(12-17(18)21-3)20-11-7-10-19-15(13-20)14-8-5-4-6-9-14/h4-6,8-9,15-17,19H,7,10-13H2,1-3H3. The predicted octanol–water partition coefficient (Wildman–Crippen LogP) is 2.84. The maximum absolute atomic E-state index is 5.62. The normalized spacial score (nSPS) is 33.2. The Morgan fingerprint density at radius 2 is 2.00 bits per heavy atom. The van der Waals surface area contributed by atoms with E-state index in [1.165, 1.54) is 24.9 Å². The maximum Gasteiger partial charge on any atom is 0.0652 e. The van der Waals surface area contributed by atoms with Crippen molar-refractivity contribution in [2.45, 2.75) is 44.9 Å². The molecule has 3 unspecified atom stereocenters. The van der Waals surface area contributed by atoms with Crippen LogP contribution in [0.4, 0.5) is 0 Å². The van der Waals surface area contributed by atoms with Crippen molar-refractivity contribution in [1.29, 1.82) is 0 Å². The molecule has 1 aromatic carbocycles. The Morgan fingerprint density at radius 1 is 1.24 bits per heavy atom. The second kappa shape index (κ2) is 6.07. The highest BCUT2D eigenvalue weighted by Crippen LogP contribution is 2.46. The average Bonchev–Trinajstić information content (AvgIpc) is 2.73. The third-order valence-electron chi connectivity index (χ3n) is 5.48. The number of benzene rings is 1. The molecule has 1 heterocycles. The Hall–Kier alpha value is -0.900. The van der Waals surface area contributed by atoms with Crippen LogP contribution in [-0.2, 0) is 4.74 Å². The van der Waals surface area contributed by atoms with Gasteiger partial charge in [0.1, 0.15) is 0 Å². The van der Waals surface area contributed by atoms with E-state index >= 15 is 0 Å². The van der Waals surface area contributed by atoms with Gasteiger partial charge in [-0.2, -0.15) is 0 Å². The monoisotopic (exact) mass is 288 g/mol. The van der Waals surface area contributed by atoms with Gasteiger partial charge in [0, 0.05) is 31.2 Å². The van der Waals surface area contributed by atoms with E-state index in [0.29, 0.717) is 18.2 Å². The van der Waals surface area contributed by atoms with Crippen molar-refractivity contribution in [2.24, 2.45) is 5.41 Å². The molecule has 1 aliphatic heterocycles. The van der Waals surface area contributed by atoms with E-state index < -0.39 is 0 Å². The van der Waals surface area contributed by atoms with Crippen LogP contribution in [-0.4, -0.2) is 43.8 Å². The van der Waals surface area contributed by atoms with Crippen molar-refractivity contribution in [3.63, 3.8) is 0 Å². The molecule has 3 heteroatoms. The number of nitrogens with one attached hydrogen (secondary N) is 1. The number of hydrogen-bond acceptors (Lipinski definition) is 3. The summed E-state index contributed by atoms with van der Waals surface area (Å²) >= 11 is 0. The summed E-state index contributed by atoms with van der Waals surface area (Å²) in [5, 5.41) is 3.71. The van der Waals surface area contributed by atoms with Gasteiger partial charge in [-0.25, -0.2) is 0 Å². The number of ether oxygens (including phenoxy) is 1. The van der Waals surface area contributed by atoms with Crippen molar-refractivity contribution in [2.75, 3.05) is 26.7 Å². The molecule has 0 bridgehead atoms. The fourth-order valence-electron chi connectivity index (χ4n) is 4.02. The van der Waals surface area contributed by atoms with Gasteiger partial charge in [0.15, 0.2) is 0 Å². The molecule has 116 valence electrons. The van der Waals surface area contributed by atoms with E-state index in [9.17, 15) is 0 Å². The maximum atomic E-state index is 5.62. The first-order valence-electron chi connectivity index (χ1n) is 8.18. The van der Waals surface area contributed by atoms with Crippen molar-refractivity contribution < 1.29 is 4.74 Å². The Labute approximate surface area is 128 Å². The van der Waals surface area contributed by atoms with Crippen LogP contribution < -0.4 is 5.32 Å². The van der Waals surface area contributed by atoms with Crippen LogP contribution in [0, 0.1) is 5.41 Å². The molecule has 0 radical (unpaired) electrons. The zero-order valence-corrected chi connectivity index (χ0v) is 13.5. The first kappa shape index (κ1) is 15.0. The summed E-state index contributed by atoms with van der Waals surface area (Å²) < 4.78 is 5.62. The number of nitrogens with zero attached hydrogens (tertiary/aromatic N) is 1. The van der Waals surface area contributed by atoms with Gasteiger partial charge in [-0.05, 0) is 31.5 Å². The van der Waals surface area contributed by atoms with Gasteiger partial charge in [-0.1, -0.05) is 44.2 Å². The Bertz CT molecular complexity index is 460. The Morgan fingerprint density at radius 3 is 2.67 bits per heavy atom. The third kappa shape index (κ3) is 2.87. The van der Waals surface area contributed by atoms with Crippen LogP contribution >= 0.6 is 0 Å². The fourth-order valence-corrected chi connectivity index (χ4v) is 4.02. The molecule has 3 nitrogen and oxygen atoms in total. The van der Waals surface area contributed by atoms with Crippen molar-refractivity contribution in [3.8, 4) is 0 Å². The van der Waals surface area contributed by atoms with E-state index in [4.69, 9.17) is 4.74 Å². The number of rotatable bonds is 3. The molecule has 2 aliphatic rings. The summed E-state index contributed by atoms with van der Waals surface area (Å²) in [7, 11) is 1.85. The van der Waals surface area contributed by atoms with E-state index in [1.54, 1.807) is 0 Å². The minimum absolute atomic E-state index is 0.264. The van der Waals surface area contributed by atoms with Crippen LogP contribution in [0.2, 0.25) is 0 Å². The highest BCUT2D eigenvalue weighted by molar-refractivity contribution is 5.20.